The summed E-state index contributed by atoms with van der Waals surface area (Å²) in [6, 6.07) is 9.47. The van der Waals surface area contributed by atoms with Crippen LogP contribution in [-0.4, -0.2) is 48.6 Å². The number of aromatic nitrogens is 3. The molecule has 4 aromatic rings. The first-order valence-corrected chi connectivity index (χ1v) is 16.0. The summed E-state index contributed by atoms with van der Waals surface area (Å²) in [5.74, 6) is 0.972. The van der Waals surface area contributed by atoms with E-state index in [1.54, 1.807) is 19.2 Å². The number of urea groups is 1. The van der Waals surface area contributed by atoms with E-state index in [4.69, 9.17) is 9.72 Å². The van der Waals surface area contributed by atoms with Crippen LogP contribution in [0.5, 0.6) is 0 Å². The number of nitrogens with zero attached hydrogens (tertiary/aromatic N) is 2. The van der Waals surface area contributed by atoms with Gasteiger partial charge in [0.25, 0.3) is 0 Å². The van der Waals surface area contributed by atoms with Gasteiger partial charge in [-0.05, 0) is 67.5 Å². The Hall–Kier alpha value is -4.23. The Kier molecular flexibility index (Phi) is 7.69. The van der Waals surface area contributed by atoms with Crippen LogP contribution < -0.4 is 20.7 Å². The Bertz CT molecular complexity index is 1780. The average molecular weight is 606 g/mol. The van der Waals surface area contributed by atoms with Crippen molar-refractivity contribution in [1.82, 2.24) is 30.3 Å². The van der Waals surface area contributed by atoms with Crippen molar-refractivity contribution in [1.29, 1.82) is 0 Å². The predicted octanol–water partition coefficient (Wildman–Crippen LogP) is 4.98. The van der Waals surface area contributed by atoms with Gasteiger partial charge >= 0.3 is 12.1 Å². The maximum Gasteiger partial charge on any atom is 0.415 e. The van der Waals surface area contributed by atoms with Crippen molar-refractivity contribution in [3.63, 3.8) is 0 Å². The van der Waals surface area contributed by atoms with Crippen molar-refractivity contribution < 1.29 is 22.7 Å². The topological polar surface area (TPSA) is 167 Å². The number of para-hydroxylation sites is 2. The second-order valence-electron chi connectivity index (χ2n) is 11.5. The summed E-state index contributed by atoms with van der Waals surface area (Å²) in [7, 11) is -3.92. The summed E-state index contributed by atoms with van der Waals surface area (Å²) in [4.78, 5) is 37.6. The normalized spacial score (nSPS) is 18.1. The number of nitrogens with one attached hydrogen (secondary N) is 5. The van der Waals surface area contributed by atoms with Crippen molar-refractivity contribution in [3.05, 3.63) is 59.4 Å². The van der Waals surface area contributed by atoms with Gasteiger partial charge in [0.2, 0.25) is 16.0 Å². The molecular weight excluding hydrogens is 570 g/mol. The van der Waals surface area contributed by atoms with Gasteiger partial charge in [0.05, 0.1) is 34.6 Å². The lowest BCUT2D eigenvalue weighted by atomic mass is 9.98. The smallest absolute Gasteiger partial charge is 0.415 e. The van der Waals surface area contributed by atoms with Crippen LogP contribution in [0.2, 0.25) is 0 Å². The molecule has 13 heteroatoms. The van der Waals surface area contributed by atoms with Gasteiger partial charge in [0.15, 0.2) is 0 Å². The Balaban J connectivity index is 1.46. The molecule has 1 fully saturated rings. The number of H-pyrrole nitrogens is 1. The summed E-state index contributed by atoms with van der Waals surface area (Å²) in [5, 5.41) is 9.74. The Labute approximate surface area is 249 Å². The minimum absolute atomic E-state index is 0.109. The minimum atomic E-state index is -3.92. The van der Waals surface area contributed by atoms with Crippen LogP contribution in [-0.2, 0) is 14.8 Å². The van der Waals surface area contributed by atoms with E-state index >= 15 is 0 Å². The first kappa shape index (κ1) is 28.9. The molecule has 0 spiro atoms. The Morgan fingerprint density at radius 3 is 2.63 bits per heavy atom. The molecule has 0 saturated heterocycles. The van der Waals surface area contributed by atoms with E-state index in [2.05, 4.69) is 30.6 Å². The van der Waals surface area contributed by atoms with Crippen molar-refractivity contribution in [2.24, 2.45) is 5.92 Å². The largest absolute Gasteiger partial charge is 0.450 e. The second kappa shape index (κ2) is 11.5. The number of pyridine rings is 1. The third-order valence-corrected chi connectivity index (χ3v) is 9.20. The van der Waals surface area contributed by atoms with E-state index in [1.807, 2.05) is 44.2 Å². The van der Waals surface area contributed by atoms with Crippen molar-refractivity contribution in [3.8, 4) is 0 Å². The molecule has 5 N–H and O–H groups in total. The standard InChI is InChI=1S/C30H35N7O5S/c1-4-42-30(39)37-29(38)36-24-13-25(35-28-33-21-7-5-6-8-22(21)34-28)27-19(24)12-26(43(40,41)32-14-16(2)3)18-11-23(17-9-10-17)31-15-20(18)27/h5-8,11-12,15-17,24-25,32H,4,9-10,13-14H2,1-3H3,(H2,33,34,35)(H2,36,37,38,39)/t24-,25-/m1/s1. The summed E-state index contributed by atoms with van der Waals surface area (Å²) >= 11 is 0. The van der Waals surface area contributed by atoms with Gasteiger partial charge in [-0.3, -0.25) is 4.98 Å². The fourth-order valence-electron chi connectivity index (χ4n) is 5.59. The lowest BCUT2D eigenvalue weighted by molar-refractivity contribution is 0.152. The van der Waals surface area contributed by atoms with Gasteiger partial charge in [0, 0.05) is 35.1 Å². The lowest BCUT2D eigenvalue weighted by Gasteiger charge is -2.19. The summed E-state index contributed by atoms with van der Waals surface area (Å²) < 4.78 is 35.1. The Morgan fingerprint density at radius 2 is 1.91 bits per heavy atom. The number of amides is 3. The van der Waals surface area contributed by atoms with E-state index in [1.165, 1.54) is 0 Å². The second-order valence-corrected chi connectivity index (χ2v) is 13.2. The van der Waals surface area contributed by atoms with Crippen LogP contribution in [0.3, 0.4) is 0 Å². The molecule has 12 nitrogen and oxygen atoms in total. The van der Waals surface area contributed by atoms with Gasteiger partial charge in [-0.1, -0.05) is 26.0 Å². The Morgan fingerprint density at radius 1 is 1.12 bits per heavy atom. The number of hydrogen-bond donors (Lipinski definition) is 5. The molecule has 2 atom stereocenters. The number of carbonyl (C=O) groups is 2. The zero-order valence-electron chi connectivity index (χ0n) is 24.2. The van der Waals surface area contributed by atoms with Crippen LogP contribution in [0.15, 0.2) is 47.5 Å². The van der Waals surface area contributed by atoms with Gasteiger partial charge < -0.3 is 20.4 Å². The molecule has 0 radical (unpaired) electrons. The average Bonchev–Trinajstić information content (AvgIpc) is 3.65. The third-order valence-electron chi connectivity index (χ3n) is 7.74. The van der Waals surface area contributed by atoms with Gasteiger partial charge in [-0.15, -0.1) is 0 Å². The number of anilines is 1. The molecule has 2 aliphatic carbocycles. The minimum Gasteiger partial charge on any atom is -0.450 e. The molecule has 0 bridgehead atoms. The number of alkyl carbamates (subject to hydrolysis) is 1. The van der Waals surface area contributed by atoms with Gasteiger partial charge in [-0.25, -0.2) is 33.0 Å². The SMILES string of the molecule is CCOC(=O)NC(=O)N[C@@H]1C[C@@H](Nc2nc3ccccc3[nH]2)c2c1cc(S(=O)(=O)NCC(C)C)c1cc(C3CC3)ncc21. The van der Waals surface area contributed by atoms with E-state index in [9.17, 15) is 18.0 Å². The van der Waals surface area contributed by atoms with Crippen molar-refractivity contribution in [2.45, 2.75) is 62.9 Å². The number of fused-ring (bicyclic) bond motifs is 4. The molecule has 0 aliphatic heterocycles. The number of rotatable bonds is 9. The number of ether oxygens (including phenoxy) is 1. The number of imide groups is 1. The quantitative estimate of drug-likeness (QED) is 0.178. The number of hydrogen-bond acceptors (Lipinski definition) is 8. The number of imidazole rings is 1. The maximum atomic E-state index is 13.7. The third kappa shape index (κ3) is 6.00. The molecule has 2 aromatic heterocycles. The molecule has 3 amide bonds. The first-order chi connectivity index (χ1) is 20.6. The number of carbonyl (C=O) groups excluding carboxylic acids is 2. The van der Waals surface area contributed by atoms with Crippen LogP contribution in [0.25, 0.3) is 21.8 Å². The lowest BCUT2D eigenvalue weighted by Crippen LogP contribution is -2.41. The summed E-state index contributed by atoms with van der Waals surface area (Å²) in [6.07, 6.45) is 3.29. The van der Waals surface area contributed by atoms with E-state index in [-0.39, 0.29) is 30.0 Å². The molecule has 0 unspecified atom stereocenters. The highest BCUT2D eigenvalue weighted by molar-refractivity contribution is 7.89. The molecule has 2 aromatic carbocycles. The van der Waals surface area contributed by atoms with Gasteiger partial charge in [0.1, 0.15) is 0 Å². The highest BCUT2D eigenvalue weighted by Gasteiger charge is 2.37. The molecule has 2 heterocycles. The number of benzene rings is 2. The first-order valence-electron chi connectivity index (χ1n) is 14.5. The maximum absolute atomic E-state index is 13.7. The summed E-state index contributed by atoms with van der Waals surface area (Å²) in [6.45, 7) is 5.91. The van der Waals surface area contributed by atoms with E-state index < -0.39 is 28.2 Å². The zero-order chi connectivity index (χ0) is 30.3. The molecular formula is C30H35N7O5S. The number of aromatic amines is 1. The zero-order valence-corrected chi connectivity index (χ0v) is 25.0. The van der Waals surface area contributed by atoms with Crippen molar-refractivity contribution in [2.75, 3.05) is 18.5 Å². The molecule has 226 valence electrons. The monoisotopic (exact) mass is 605 g/mol. The molecule has 43 heavy (non-hydrogen) atoms. The molecule has 6 rings (SSSR count). The number of sulfonamides is 1. The van der Waals surface area contributed by atoms with Gasteiger partial charge in [-0.2, -0.15) is 0 Å². The van der Waals surface area contributed by atoms with E-state index in [0.717, 1.165) is 35.1 Å². The fourth-order valence-corrected chi connectivity index (χ4v) is 7.04. The highest BCUT2D eigenvalue weighted by atomic mass is 32.2. The molecule has 1 saturated carbocycles. The summed E-state index contributed by atoms with van der Waals surface area (Å²) in [5.41, 5.74) is 3.96. The molecule has 2 aliphatic rings. The fraction of sp³-hybridized carbons (Fsp3) is 0.400. The van der Waals surface area contributed by atoms with Crippen LogP contribution >= 0.6 is 0 Å². The van der Waals surface area contributed by atoms with Crippen molar-refractivity contribution >= 4 is 49.9 Å². The highest BCUT2D eigenvalue weighted by Crippen LogP contribution is 2.47. The van der Waals surface area contributed by atoms with E-state index in [0.29, 0.717) is 34.6 Å². The van der Waals surface area contributed by atoms with Crippen LogP contribution in [0.4, 0.5) is 15.5 Å². The predicted molar refractivity (Wildman–Crippen MR) is 162 cm³/mol. The van der Waals surface area contributed by atoms with Crippen LogP contribution in [0, 0.1) is 5.92 Å². The van der Waals surface area contributed by atoms with Crippen LogP contribution in [0.1, 0.15) is 74.9 Å².